The fourth-order valence-electron chi connectivity index (χ4n) is 2.32. The van der Waals surface area contributed by atoms with Crippen LogP contribution in [0, 0.1) is 11.0 Å². The van der Waals surface area contributed by atoms with Crippen LogP contribution in [-0.4, -0.2) is 27.5 Å². The molecule has 0 radical (unpaired) electrons. The molecule has 1 aliphatic heterocycles. The average molecular weight is 365 g/mol. The lowest BCUT2D eigenvalue weighted by Crippen LogP contribution is -2.69. The molecule has 112 valence electrons. The van der Waals surface area contributed by atoms with Crippen LogP contribution in [0.4, 0.5) is 4.39 Å². The van der Waals surface area contributed by atoms with Crippen LogP contribution < -0.4 is 5.73 Å². The fraction of sp³-hybridized carbons (Fsp3) is 0.538. The Morgan fingerprint density at radius 2 is 2.10 bits per heavy atom. The number of rotatable bonds is 1. The van der Waals surface area contributed by atoms with Crippen LogP contribution >= 0.6 is 27.7 Å². The molecule has 1 saturated heterocycles. The van der Waals surface area contributed by atoms with Crippen LogP contribution in [0.15, 0.2) is 22.7 Å². The Morgan fingerprint density at radius 3 is 2.65 bits per heavy atom. The van der Waals surface area contributed by atoms with E-state index >= 15 is 0 Å². The van der Waals surface area contributed by atoms with Gasteiger partial charge in [0.05, 0.1) is 4.75 Å². The van der Waals surface area contributed by atoms with Gasteiger partial charge in [0, 0.05) is 10.0 Å². The van der Waals surface area contributed by atoms with Crippen LogP contribution in [-0.2, 0) is 4.75 Å². The van der Waals surface area contributed by atoms with E-state index in [9.17, 15) is 14.8 Å². The van der Waals surface area contributed by atoms with Gasteiger partial charge >= 0.3 is 0 Å². The van der Waals surface area contributed by atoms with Crippen LogP contribution in [0.3, 0.4) is 0 Å². The first-order valence-electron chi connectivity index (χ1n) is 6.20. The Bertz CT molecular complexity index is 541. The highest BCUT2D eigenvalue weighted by Gasteiger charge is 2.55. The van der Waals surface area contributed by atoms with Crippen LogP contribution in [0.1, 0.15) is 26.3 Å². The minimum absolute atomic E-state index is 0.161. The lowest BCUT2D eigenvalue weighted by molar-refractivity contribution is -1.10. The number of nitrogens with two attached hydrogens (primary N) is 1. The molecule has 1 fully saturated rings. The molecule has 0 amide bonds. The molecular weight excluding hydrogens is 347 g/mol. The standard InChI is InChI=1S/C13H18BrFN2O2S/c1-12(2)11(16)20-13(3,7-17(12,18)19)9-6-8(14)4-5-10(9)15/h4-6,11,18H,7,16H2,1-3H3/t11-,13?/m1/s1. The molecule has 0 aliphatic carbocycles. The third-order valence-corrected chi connectivity index (χ3v) is 6.19. The van der Waals surface area contributed by atoms with Crippen molar-refractivity contribution in [1.82, 2.24) is 0 Å². The lowest BCUT2D eigenvalue weighted by Gasteiger charge is -2.57. The molecule has 2 rings (SSSR count). The molecule has 1 aromatic rings. The number of nitrogens with zero attached hydrogens (tertiary/aromatic N) is 1. The summed E-state index contributed by atoms with van der Waals surface area (Å²) in [5.41, 5.74) is 5.36. The third-order valence-electron chi connectivity index (χ3n) is 4.00. The van der Waals surface area contributed by atoms with Crippen molar-refractivity contribution in [2.24, 2.45) is 5.73 Å². The van der Waals surface area contributed by atoms with E-state index in [2.05, 4.69) is 15.9 Å². The summed E-state index contributed by atoms with van der Waals surface area (Å²) in [4.78, 5) is -1.48. The van der Waals surface area contributed by atoms with E-state index in [0.717, 1.165) is 4.47 Å². The number of benzene rings is 1. The zero-order valence-corrected chi connectivity index (χ0v) is 14.0. The molecule has 2 unspecified atom stereocenters. The van der Waals surface area contributed by atoms with Gasteiger partial charge in [-0.15, -0.1) is 11.8 Å². The molecule has 7 heteroatoms. The molecule has 20 heavy (non-hydrogen) atoms. The van der Waals surface area contributed by atoms with E-state index in [1.807, 2.05) is 0 Å². The number of quaternary nitrogens is 1. The highest BCUT2D eigenvalue weighted by Crippen LogP contribution is 2.50. The maximum Gasteiger partial charge on any atom is 0.147 e. The van der Waals surface area contributed by atoms with E-state index in [0.29, 0.717) is 5.56 Å². The Kier molecular flexibility index (Phi) is 3.99. The van der Waals surface area contributed by atoms with Gasteiger partial charge in [0.15, 0.2) is 0 Å². The van der Waals surface area contributed by atoms with Crippen LogP contribution in [0.5, 0.6) is 0 Å². The highest BCUT2D eigenvalue weighted by molar-refractivity contribution is 9.10. The van der Waals surface area contributed by atoms with Crippen molar-refractivity contribution in [2.45, 2.75) is 36.4 Å². The summed E-state index contributed by atoms with van der Waals surface area (Å²) < 4.78 is 13.9. The SMILES string of the molecule is CC1(c2cc(Br)ccc2F)C[N+]([O-])(O)C(C)(C)[C@H](N)S1. The zero-order chi connectivity index (χ0) is 15.3. The van der Waals surface area contributed by atoms with Gasteiger partial charge in [-0.3, -0.25) is 0 Å². The van der Waals surface area contributed by atoms with Gasteiger partial charge in [0.2, 0.25) is 0 Å². The molecule has 1 heterocycles. The Labute approximate surface area is 130 Å². The Morgan fingerprint density at radius 1 is 1.50 bits per heavy atom. The molecule has 1 aliphatic rings. The lowest BCUT2D eigenvalue weighted by atomic mass is 9.95. The van der Waals surface area contributed by atoms with Gasteiger partial charge in [-0.1, -0.05) is 15.9 Å². The van der Waals surface area contributed by atoms with Crippen molar-refractivity contribution >= 4 is 27.7 Å². The summed E-state index contributed by atoms with van der Waals surface area (Å²) in [7, 11) is 0. The Hall–Kier alpha value is -0.180. The topological polar surface area (TPSA) is 69.3 Å². The summed E-state index contributed by atoms with van der Waals surface area (Å²) in [5.74, 6) is -0.407. The van der Waals surface area contributed by atoms with Crippen molar-refractivity contribution in [1.29, 1.82) is 0 Å². The zero-order valence-electron chi connectivity index (χ0n) is 11.6. The third kappa shape index (κ3) is 2.51. The number of hydrogen-bond donors (Lipinski definition) is 2. The first kappa shape index (κ1) is 16.2. The summed E-state index contributed by atoms with van der Waals surface area (Å²) in [6.07, 6.45) is 0. The normalized spacial score (nSPS) is 36.9. The van der Waals surface area contributed by atoms with Crippen LogP contribution in [0.25, 0.3) is 0 Å². The molecule has 4 nitrogen and oxygen atoms in total. The number of hydroxylamine groups is 4. The van der Waals surface area contributed by atoms with E-state index in [1.54, 1.807) is 32.9 Å². The maximum atomic E-state index is 14.1. The van der Waals surface area contributed by atoms with Crippen molar-refractivity contribution < 1.29 is 14.4 Å². The van der Waals surface area contributed by atoms with Crippen LogP contribution in [0.2, 0.25) is 0 Å². The number of thioether (sulfide) groups is 1. The predicted octanol–water partition coefficient (Wildman–Crippen LogP) is 3.32. The second kappa shape index (κ2) is 4.93. The minimum atomic E-state index is -1.48. The highest BCUT2D eigenvalue weighted by atomic mass is 79.9. The van der Waals surface area contributed by atoms with Gasteiger partial charge in [-0.05, 0) is 39.0 Å². The summed E-state index contributed by atoms with van der Waals surface area (Å²) in [6.45, 7) is 4.81. The predicted molar refractivity (Wildman–Crippen MR) is 81.4 cm³/mol. The molecule has 0 bridgehead atoms. The van der Waals surface area contributed by atoms with Crippen molar-refractivity contribution in [3.05, 3.63) is 39.3 Å². The second-order valence-corrected chi connectivity index (χ2v) is 8.47. The molecule has 3 atom stereocenters. The van der Waals surface area contributed by atoms with E-state index in [-0.39, 0.29) is 6.54 Å². The van der Waals surface area contributed by atoms with E-state index < -0.39 is 26.3 Å². The van der Waals surface area contributed by atoms with Crippen molar-refractivity contribution in [3.63, 3.8) is 0 Å². The fourth-order valence-corrected chi connectivity index (χ4v) is 4.23. The molecule has 0 aromatic heterocycles. The van der Waals surface area contributed by atoms with E-state index in [1.165, 1.54) is 17.8 Å². The summed E-state index contributed by atoms with van der Waals surface area (Å²) in [5, 5.41) is 22.0. The van der Waals surface area contributed by atoms with Crippen molar-refractivity contribution in [2.75, 3.05) is 6.54 Å². The largest absolute Gasteiger partial charge is 0.598 e. The van der Waals surface area contributed by atoms with Gasteiger partial charge in [0.1, 0.15) is 23.3 Å². The molecule has 0 spiro atoms. The Balaban J connectivity index is 2.49. The molecular formula is C13H18BrFN2O2S. The summed E-state index contributed by atoms with van der Waals surface area (Å²) >= 11 is 4.62. The second-order valence-electron chi connectivity index (χ2n) is 5.91. The molecule has 0 saturated carbocycles. The maximum absolute atomic E-state index is 14.1. The average Bonchev–Trinajstić information content (AvgIpc) is 2.29. The smallest absolute Gasteiger partial charge is 0.147 e. The van der Waals surface area contributed by atoms with Crippen molar-refractivity contribution in [3.8, 4) is 0 Å². The summed E-state index contributed by atoms with van der Waals surface area (Å²) in [6, 6.07) is 4.57. The quantitative estimate of drug-likeness (QED) is 0.592. The van der Waals surface area contributed by atoms with Gasteiger partial charge in [-0.2, -0.15) is 0 Å². The first-order chi connectivity index (χ1) is 8.99. The minimum Gasteiger partial charge on any atom is -0.598 e. The van der Waals surface area contributed by atoms with Gasteiger partial charge < -0.3 is 10.9 Å². The van der Waals surface area contributed by atoms with Gasteiger partial charge in [-0.25, -0.2) is 14.4 Å². The molecule has 3 N–H and O–H groups in total. The number of hydrogen-bond acceptors (Lipinski definition) is 4. The monoisotopic (exact) mass is 364 g/mol. The number of halogens is 2. The van der Waals surface area contributed by atoms with E-state index in [4.69, 9.17) is 5.73 Å². The first-order valence-corrected chi connectivity index (χ1v) is 7.88. The van der Waals surface area contributed by atoms with Gasteiger partial charge in [0.25, 0.3) is 0 Å². The molecule has 1 aromatic carbocycles.